The number of esters is 1. The number of benzene rings is 1. The predicted octanol–water partition coefficient (Wildman–Crippen LogP) is 1.68. The molecular weight excluding hydrogens is 309 g/mol. The van der Waals surface area contributed by atoms with Gasteiger partial charge in [-0.25, -0.2) is 9.78 Å². The Kier molecular flexibility index (Phi) is 4.29. The minimum Gasteiger partial charge on any atom is -0.497 e. The Labute approximate surface area is 140 Å². The summed E-state index contributed by atoms with van der Waals surface area (Å²) < 4.78 is 12.0. The highest BCUT2D eigenvalue weighted by Gasteiger charge is 2.30. The van der Waals surface area contributed by atoms with Crippen LogP contribution in [0.1, 0.15) is 33.5 Å². The van der Waals surface area contributed by atoms with Gasteiger partial charge in [-0.05, 0) is 25.1 Å². The molecule has 0 saturated heterocycles. The maximum Gasteiger partial charge on any atom is 0.358 e. The van der Waals surface area contributed by atoms with Gasteiger partial charge in [-0.1, -0.05) is 6.82 Å². The number of amides is 1. The second-order valence-electron chi connectivity index (χ2n) is 5.20. The number of rotatable bonds is 4. The molecule has 0 aliphatic carbocycles. The summed E-state index contributed by atoms with van der Waals surface area (Å²) in [5, 5.41) is 0. The number of methoxy groups -OCH3 is 1. The molecule has 0 unspecified atom stereocenters. The van der Waals surface area contributed by atoms with Crippen molar-refractivity contribution in [2.45, 2.75) is 20.3 Å². The summed E-state index contributed by atoms with van der Waals surface area (Å²) in [6, 6.07) is 5.24. The van der Waals surface area contributed by atoms with Gasteiger partial charge in [0.15, 0.2) is 5.69 Å². The first kappa shape index (κ1) is 16.1. The fraction of sp³-hybridized carbons (Fsp3) is 0.312. The summed E-state index contributed by atoms with van der Waals surface area (Å²) in [5.74, 6) is -0.0658. The van der Waals surface area contributed by atoms with E-state index in [2.05, 4.69) is 4.98 Å². The zero-order valence-electron chi connectivity index (χ0n) is 13.8. The van der Waals surface area contributed by atoms with Crippen molar-refractivity contribution in [2.24, 2.45) is 0 Å². The number of fused-ring (bicyclic) bond motifs is 3. The van der Waals surface area contributed by atoms with Crippen molar-refractivity contribution < 1.29 is 19.1 Å². The third kappa shape index (κ3) is 2.53. The van der Waals surface area contributed by atoms with Gasteiger partial charge in [-0.15, -0.1) is 0 Å². The molecule has 2 aromatic rings. The molecule has 1 aromatic heterocycles. The van der Waals surface area contributed by atoms with Crippen LogP contribution in [0.3, 0.4) is 0 Å². The summed E-state index contributed by atoms with van der Waals surface area (Å²) in [6.45, 7) is 4.01. The van der Waals surface area contributed by atoms with E-state index in [4.69, 9.17) is 9.47 Å². The number of carbonyl (C=O) groups is 2. The summed E-state index contributed by atoms with van der Waals surface area (Å²) in [7, 11) is 3.23. The number of nitrogens with zero attached hydrogens (tertiary/aromatic N) is 3. The van der Waals surface area contributed by atoms with Crippen LogP contribution in [-0.4, -0.2) is 47.4 Å². The molecule has 0 saturated carbocycles. The SMILES string of the molecule is C[B]N1Cc2c(C(=O)OCC)ncn2-c2ccc(OC)cc2C1=O. The predicted molar refractivity (Wildman–Crippen MR) is 87.6 cm³/mol. The molecule has 3 rings (SSSR count). The van der Waals surface area contributed by atoms with E-state index >= 15 is 0 Å². The van der Waals surface area contributed by atoms with E-state index in [0.717, 1.165) is 0 Å². The topological polar surface area (TPSA) is 73.7 Å². The molecule has 1 radical (unpaired) electrons. The van der Waals surface area contributed by atoms with Crippen LogP contribution in [-0.2, 0) is 11.3 Å². The van der Waals surface area contributed by atoms with E-state index in [-0.39, 0.29) is 24.8 Å². The molecular formula is C16H17BN3O4. The average Bonchev–Trinajstić information content (AvgIpc) is 2.97. The molecule has 24 heavy (non-hydrogen) atoms. The molecule has 0 atom stereocenters. The average molecular weight is 326 g/mol. The van der Waals surface area contributed by atoms with E-state index in [1.807, 2.05) is 0 Å². The van der Waals surface area contributed by atoms with Crippen molar-refractivity contribution in [3.8, 4) is 11.4 Å². The lowest BCUT2D eigenvalue weighted by molar-refractivity contribution is 0.0517. The van der Waals surface area contributed by atoms with Crippen molar-refractivity contribution in [1.82, 2.24) is 14.4 Å². The van der Waals surface area contributed by atoms with Crippen LogP contribution in [0.4, 0.5) is 0 Å². The molecule has 7 nitrogen and oxygen atoms in total. The van der Waals surface area contributed by atoms with Crippen LogP contribution >= 0.6 is 0 Å². The molecule has 1 aliphatic heterocycles. The third-order valence-electron chi connectivity index (χ3n) is 3.92. The second kappa shape index (κ2) is 6.39. The minimum atomic E-state index is -0.494. The second-order valence-corrected chi connectivity index (χ2v) is 5.20. The lowest BCUT2D eigenvalue weighted by atomic mass is 9.94. The summed E-state index contributed by atoms with van der Waals surface area (Å²) in [6.07, 6.45) is 1.54. The standard InChI is InChI=1S/C16H17BN3O4/c1-4-24-16(22)14-13-8-20(17-2)15(21)11-7-10(23-3)5-6-12(11)19(13)9-18-14/h5-7,9H,4,8H2,1-3H3. The van der Waals surface area contributed by atoms with Crippen molar-refractivity contribution in [2.75, 3.05) is 13.7 Å². The monoisotopic (exact) mass is 326 g/mol. The summed E-state index contributed by atoms with van der Waals surface area (Å²) in [4.78, 5) is 30.7. The Morgan fingerprint density at radius 3 is 2.88 bits per heavy atom. The lowest BCUT2D eigenvalue weighted by Crippen LogP contribution is -2.32. The number of hydrogen-bond acceptors (Lipinski definition) is 5. The van der Waals surface area contributed by atoms with Gasteiger partial charge in [-0.2, -0.15) is 0 Å². The molecule has 0 spiro atoms. The van der Waals surface area contributed by atoms with Gasteiger partial charge in [-0.3, -0.25) is 9.36 Å². The fourth-order valence-corrected chi connectivity index (χ4v) is 2.72. The van der Waals surface area contributed by atoms with Crippen LogP contribution < -0.4 is 4.74 Å². The van der Waals surface area contributed by atoms with Crippen LogP contribution in [0.15, 0.2) is 24.5 Å². The van der Waals surface area contributed by atoms with E-state index in [1.165, 1.54) is 0 Å². The molecule has 1 aromatic carbocycles. The first-order valence-electron chi connectivity index (χ1n) is 7.62. The molecule has 2 heterocycles. The van der Waals surface area contributed by atoms with Crippen molar-refractivity contribution in [1.29, 1.82) is 0 Å². The maximum absolute atomic E-state index is 12.8. The number of aromatic nitrogens is 2. The minimum absolute atomic E-state index is 0.162. The third-order valence-corrected chi connectivity index (χ3v) is 3.92. The van der Waals surface area contributed by atoms with Crippen molar-refractivity contribution in [3.63, 3.8) is 0 Å². The fourth-order valence-electron chi connectivity index (χ4n) is 2.72. The Hall–Kier alpha value is -2.77. The van der Waals surface area contributed by atoms with E-state index in [0.29, 0.717) is 22.7 Å². The van der Waals surface area contributed by atoms with Crippen LogP contribution in [0.2, 0.25) is 6.82 Å². The molecule has 0 N–H and O–H groups in total. The first-order valence-corrected chi connectivity index (χ1v) is 7.62. The van der Waals surface area contributed by atoms with Gasteiger partial charge in [0.1, 0.15) is 12.1 Å². The van der Waals surface area contributed by atoms with Gasteiger partial charge in [0.2, 0.25) is 13.3 Å². The number of ether oxygens (including phenoxy) is 2. The Morgan fingerprint density at radius 1 is 1.42 bits per heavy atom. The largest absolute Gasteiger partial charge is 0.497 e. The first-order chi connectivity index (χ1) is 11.6. The Bertz CT molecular complexity index is 803. The van der Waals surface area contributed by atoms with Crippen LogP contribution in [0.25, 0.3) is 5.69 Å². The molecule has 1 aliphatic rings. The zero-order chi connectivity index (χ0) is 17.3. The van der Waals surface area contributed by atoms with Crippen molar-refractivity contribution >= 4 is 19.3 Å². The lowest BCUT2D eigenvalue weighted by Gasteiger charge is -2.18. The normalized spacial score (nSPS) is 13.0. The van der Waals surface area contributed by atoms with Gasteiger partial charge in [0, 0.05) is 0 Å². The highest BCUT2D eigenvalue weighted by atomic mass is 16.5. The summed E-state index contributed by atoms with van der Waals surface area (Å²) >= 11 is 0. The highest BCUT2D eigenvalue weighted by molar-refractivity contribution is 6.36. The molecule has 0 bridgehead atoms. The highest BCUT2D eigenvalue weighted by Crippen LogP contribution is 2.29. The van der Waals surface area contributed by atoms with Gasteiger partial charge in [0.05, 0.1) is 37.2 Å². The Balaban J connectivity index is 2.19. The molecule has 1 amide bonds. The quantitative estimate of drug-likeness (QED) is 0.631. The number of imidazole rings is 1. The smallest absolute Gasteiger partial charge is 0.358 e. The summed E-state index contributed by atoms with van der Waals surface area (Å²) in [5.41, 5.74) is 1.98. The van der Waals surface area contributed by atoms with Crippen molar-refractivity contribution in [3.05, 3.63) is 41.5 Å². The number of hydrogen-bond donors (Lipinski definition) is 0. The molecule has 123 valence electrons. The van der Waals surface area contributed by atoms with E-state index in [9.17, 15) is 9.59 Å². The van der Waals surface area contributed by atoms with E-state index < -0.39 is 5.97 Å². The van der Waals surface area contributed by atoms with Gasteiger partial charge < -0.3 is 14.3 Å². The van der Waals surface area contributed by atoms with Crippen LogP contribution in [0.5, 0.6) is 5.75 Å². The van der Waals surface area contributed by atoms with E-state index in [1.54, 1.807) is 62.2 Å². The Morgan fingerprint density at radius 2 is 2.21 bits per heavy atom. The maximum atomic E-state index is 12.8. The van der Waals surface area contributed by atoms with Gasteiger partial charge >= 0.3 is 5.97 Å². The van der Waals surface area contributed by atoms with Crippen LogP contribution in [0, 0.1) is 0 Å². The molecule has 0 fully saturated rings. The zero-order valence-corrected chi connectivity index (χ0v) is 13.8. The molecule has 8 heteroatoms. The number of carbonyl (C=O) groups excluding carboxylic acids is 2. The van der Waals surface area contributed by atoms with Gasteiger partial charge in [0.25, 0.3) is 0 Å².